The zero-order valence-electron chi connectivity index (χ0n) is 10.6. The van der Waals surface area contributed by atoms with Gasteiger partial charge in [0, 0.05) is 11.9 Å². The monoisotopic (exact) mass is 279 g/mol. The number of carboxylic acids is 1. The Bertz CT molecular complexity index is 583. The van der Waals surface area contributed by atoms with Gasteiger partial charge in [0.1, 0.15) is 11.4 Å². The second-order valence-electron chi connectivity index (χ2n) is 4.24. The van der Waals surface area contributed by atoms with E-state index in [1.165, 1.54) is 6.07 Å². The van der Waals surface area contributed by atoms with Crippen molar-refractivity contribution in [1.29, 1.82) is 0 Å². The van der Waals surface area contributed by atoms with Gasteiger partial charge in [-0.2, -0.15) is 0 Å². The molecule has 1 unspecified atom stereocenters. The number of aromatic carboxylic acids is 1. The van der Waals surface area contributed by atoms with Crippen molar-refractivity contribution in [3.63, 3.8) is 0 Å². The second-order valence-corrected chi connectivity index (χ2v) is 5.22. The summed E-state index contributed by atoms with van der Waals surface area (Å²) in [6, 6.07) is 8.21. The van der Waals surface area contributed by atoms with Crippen molar-refractivity contribution in [2.75, 3.05) is 11.9 Å². The third kappa shape index (κ3) is 2.61. The fourth-order valence-corrected chi connectivity index (χ4v) is 2.77. The van der Waals surface area contributed by atoms with Crippen molar-refractivity contribution in [3.8, 4) is 0 Å². The number of hydrogen-bond acceptors (Lipinski definition) is 3. The second kappa shape index (κ2) is 5.40. The zero-order valence-corrected chi connectivity index (χ0v) is 11.4. The van der Waals surface area contributed by atoms with Crippen LogP contribution in [0.3, 0.4) is 0 Å². The van der Waals surface area contributed by atoms with E-state index in [2.05, 4.69) is 0 Å². The first kappa shape index (κ1) is 13.5. The Kier molecular flexibility index (Phi) is 3.85. The molecule has 0 bridgehead atoms. The van der Waals surface area contributed by atoms with Crippen molar-refractivity contribution in [1.82, 2.24) is 0 Å². The predicted molar refractivity (Wildman–Crippen MR) is 74.5 cm³/mol. The van der Waals surface area contributed by atoms with Crippen molar-refractivity contribution in [3.05, 3.63) is 52.0 Å². The minimum absolute atomic E-state index is 0.0140. The van der Waals surface area contributed by atoms with Crippen LogP contribution >= 0.6 is 11.3 Å². The van der Waals surface area contributed by atoms with Crippen molar-refractivity contribution in [2.24, 2.45) is 0 Å². The zero-order chi connectivity index (χ0) is 14.0. The molecule has 100 valence electrons. The van der Waals surface area contributed by atoms with Crippen molar-refractivity contribution in [2.45, 2.75) is 13.0 Å². The SMILES string of the molecule is CC(c1cccs1)N(C)c1cccc(F)c1C(=O)O. The lowest BCUT2D eigenvalue weighted by molar-refractivity contribution is 0.0692. The standard InChI is InChI=1S/C14H14FNO2S/c1-9(12-7-4-8-19-12)16(2)11-6-3-5-10(15)13(11)14(17)18/h3-9H,1-2H3,(H,17,18). The molecule has 2 aromatic rings. The van der Waals surface area contributed by atoms with E-state index in [0.29, 0.717) is 5.69 Å². The maximum absolute atomic E-state index is 13.7. The maximum atomic E-state index is 13.7. The molecule has 0 radical (unpaired) electrons. The average molecular weight is 279 g/mol. The van der Waals surface area contributed by atoms with Gasteiger partial charge in [0.05, 0.1) is 11.7 Å². The molecule has 1 aromatic heterocycles. The van der Waals surface area contributed by atoms with E-state index in [1.807, 2.05) is 24.4 Å². The molecule has 0 aliphatic rings. The van der Waals surface area contributed by atoms with Gasteiger partial charge >= 0.3 is 5.97 Å². The van der Waals surface area contributed by atoms with E-state index >= 15 is 0 Å². The molecule has 2 rings (SSSR count). The maximum Gasteiger partial charge on any atom is 0.340 e. The number of hydrogen-bond donors (Lipinski definition) is 1. The number of carboxylic acid groups (broad SMARTS) is 1. The first-order valence-electron chi connectivity index (χ1n) is 5.80. The highest BCUT2D eigenvalue weighted by Crippen LogP contribution is 2.31. The highest BCUT2D eigenvalue weighted by Gasteiger charge is 2.22. The van der Waals surface area contributed by atoms with Crippen LogP contribution in [0, 0.1) is 5.82 Å². The summed E-state index contributed by atoms with van der Waals surface area (Å²) in [6.07, 6.45) is 0. The minimum Gasteiger partial charge on any atom is -0.478 e. The summed E-state index contributed by atoms with van der Waals surface area (Å²) in [7, 11) is 1.77. The summed E-state index contributed by atoms with van der Waals surface area (Å²) in [5.41, 5.74) is 0.0989. The molecular weight excluding hydrogens is 265 g/mol. The molecular formula is C14H14FNO2S. The van der Waals surface area contributed by atoms with Crippen LogP contribution in [-0.2, 0) is 0 Å². The number of halogens is 1. The van der Waals surface area contributed by atoms with Crippen LogP contribution in [0.4, 0.5) is 10.1 Å². The van der Waals surface area contributed by atoms with Gasteiger partial charge in [-0.05, 0) is 30.5 Å². The van der Waals surface area contributed by atoms with Crippen molar-refractivity contribution < 1.29 is 14.3 Å². The Balaban J connectivity index is 2.42. The van der Waals surface area contributed by atoms with Crippen LogP contribution < -0.4 is 4.90 Å². The van der Waals surface area contributed by atoms with E-state index in [1.54, 1.807) is 29.4 Å². The highest BCUT2D eigenvalue weighted by molar-refractivity contribution is 7.10. The number of benzene rings is 1. The largest absolute Gasteiger partial charge is 0.478 e. The van der Waals surface area contributed by atoms with E-state index in [9.17, 15) is 9.18 Å². The van der Waals surface area contributed by atoms with Crippen LogP contribution in [0.15, 0.2) is 35.7 Å². The highest BCUT2D eigenvalue weighted by atomic mass is 32.1. The molecule has 0 aliphatic heterocycles. The van der Waals surface area contributed by atoms with Gasteiger partial charge < -0.3 is 10.0 Å². The number of carbonyl (C=O) groups is 1. The van der Waals surface area contributed by atoms with Crippen molar-refractivity contribution >= 4 is 23.0 Å². The molecule has 1 aromatic carbocycles. The summed E-state index contributed by atoms with van der Waals surface area (Å²) in [5.74, 6) is -1.96. The van der Waals surface area contributed by atoms with Gasteiger partial charge in [0.15, 0.2) is 0 Å². The summed E-state index contributed by atoms with van der Waals surface area (Å²) in [5, 5.41) is 11.1. The molecule has 19 heavy (non-hydrogen) atoms. The molecule has 5 heteroatoms. The Labute approximate surface area is 114 Å². The number of anilines is 1. The number of rotatable bonds is 4. The lowest BCUT2D eigenvalue weighted by Gasteiger charge is -2.27. The van der Waals surface area contributed by atoms with Crippen LogP contribution in [0.1, 0.15) is 28.2 Å². The first-order chi connectivity index (χ1) is 9.02. The Hall–Kier alpha value is -1.88. The molecule has 1 atom stereocenters. The quantitative estimate of drug-likeness (QED) is 0.925. The number of nitrogens with zero attached hydrogens (tertiary/aromatic N) is 1. The van der Waals surface area contributed by atoms with Crippen LogP contribution in [-0.4, -0.2) is 18.1 Å². The molecule has 0 amide bonds. The summed E-state index contributed by atoms with van der Waals surface area (Å²) in [4.78, 5) is 14.1. The molecule has 1 N–H and O–H groups in total. The Morgan fingerprint density at radius 2 is 2.11 bits per heavy atom. The Morgan fingerprint density at radius 3 is 2.68 bits per heavy atom. The van der Waals surface area contributed by atoms with Crippen LogP contribution in [0.2, 0.25) is 0 Å². The minimum atomic E-state index is -1.25. The average Bonchev–Trinajstić information content (AvgIpc) is 2.90. The molecule has 0 spiro atoms. The van der Waals surface area contributed by atoms with Gasteiger partial charge in [-0.3, -0.25) is 0 Å². The predicted octanol–water partition coefficient (Wildman–Crippen LogP) is 3.78. The lowest BCUT2D eigenvalue weighted by atomic mass is 10.1. The van der Waals surface area contributed by atoms with E-state index in [-0.39, 0.29) is 11.6 Å². The molecule has 0 aliphatic carbocycles. The lowest BCUT2D eigenvalue weighted by Crippen LogP contribution is -2.23. The summed E-state index contributed by atoms with van der Waals surface area (Å²) >= 11 is 1.59. The van der Waals surface area contributed by atoms with Crippen LogP contribution in [0.25, 0.3) is 0 Å². The molecule has 1 heterocycles. The van der Waals surface area contributed by atoms with Gasteiger partial charge in [-0.25, -0.2) is 9.18 Å². The van der Waals surface area contributed by atoms with E-state index in [4.69, 9.17) is 5.11 Å². The molecule has 0 saturated heterocycles. The number of thiophene rings is 1. The van der Waals surface area contributed by atoms with Gasteiger partial charge in [0.2, 0.25) is 0 Å². The van der Waals surface area contributed by atoms with Gasteiger partial charge in [-0.1, -0.05) is 12.1 Å². The fraction of sp³-hybridized carbons (Fsp3) is 0.214. The van der Waals surface area contributed by atoms with Gasteiger partial charge in [-0.15, -0.1) is 11.3 Å². The third-order valence-corrected chi connectivity index (χ3v) is 4.16. The first-order valence-corrected chi connectivity index (χ1v) is 6.68. The molecule has 0 saturated carbocycles. The molecule has 0 fully saturated rings. The fourth-order valence-electron chi connectivity index (χ4n) is 1.95. The van der Waals surface area contributed by atoms with Gasteiger partial charge in [0.25, 0.3) is 0 Å². The van der Waals surface area contributed by atoms with E-state index in [0.717, 1.165) is 10.9 Å². The topological polar surface area (TPSA) is 40.5 Å². The normalized spacial score (nSPS) is 12.2. The summed E-state index contributed by atoms with van der Waals surface area (Å²) in [6.45, 7) is 1.96. The third-order valence-electron chi connectivity index (χ3n) is 3.12. The Morgan fingerprint density at radius 1 is 1.37 bits per heavy atom. The van der Waals surface area contributed by atoms with E-state index < -0.39 is 11.8 Å². The summed E-state index contributed by atoms with van der Waals surface area (Å²) < 4.78 is 13.7. The molecule has 3 nitrogen and oxygen atoms in total. The smallest absolute Gasteiger partial charge is 0.340 e. The van der Waals surface area contributed by atoms with Crippen LogP contribution in [0.5, 0.6) is 0 Å².